The van der Waals surface area contributed by atoms with Crippen molar-refractivity contribution >= 4 is 16.3 Å². The number of hydrogen-bond acceptors (Lipinski definition) is 4. The molecule has 15 heavy (non-hydrogen) atoms. The minimum absolute atomic E-state index is 0.220. The standard InChI is InChI=1S/C7H15N3O4S/c1-2-14-7(11)9-3-5-10(6-4-9)15(8,12)13/h2-6H2,1H3,(H2,8,12,13). The van der Waals surface area contributed by atoms with Crippen molar-refractivity contribution in [2.24, 2.45) is 5.14 Å². The molecule has 0 aromatic rings. The normalized spacial score (nSPS) is 18.9. The van der Waals surface area contributed by atoms with Crippen LogP contribution >= 0.6 is 0 Å². The maximum absolute atomic E-state index is 11.3. The first-order valence-corrected chi connectivity index (χ1v) is 6.15. The lowest BCUT2D eigenvalue weighted by Crippen LogP contribution is -2.52. The van der Waals surface area contributed by atoms with Crippen LogP contribution in [0.1, 0.15) is 6.92 Å². The molecule has 0 aromatic carbocycles. The predicted octanol–water partition coefficient (Wildman–Crippen LogP) is -1.04. The van der Waals surface area contributed by atoms with Crippen molar-refractivity contribution < 1.29 is 17.9 Å². The maximum Gasteiger partial charge on any atom is 0.409 e. The lowest BCUT2D eigenvalue weighted by molar-refractivity contribution is 0.0934. The van der Waals surface area contributed by atoms with Crippen LogP contribution in [0.25, 0.3) is 0 Å². The van der Waals surface area contributed by atoms with Crippen molar-refractivity contribution in [3.63, 3.8) is 0 Å². The van der Waals surface area contributed by atoms with Crippen LogP contribution in [0.3, 0.4) is 0 Å². The molecule has 0 aliphatic carbocycles. The fourth-order valence-electron chi connectivity index (χ4n) is 1.34. The minimum atomic E-state index is -3.63. The Kier molecular flexibility index (Phi) is 3.89. The van der Waals surface area contributed by atoms with Crippen LogP contribution in [0.5, 0.6) is 0 Å². The number of rotatable bonds is 2. The van der Waals surface area contributed by atoms with E-state index in [0.717, 1.165) is 4.31 Å². The summed E-state index contributed by atoms with van der Waals surface area (Å²) in [5.74, 6) is 0. The summed E-state index contributed by atoms with van der Waals surface area (Å²) in [6.45, 7) is 3.10. The Bertz CT molecular complexity index is 321. The number of carbonyl (C=O) groups excluding carboxylic acids is 1. The fraction of sp³-hybridized carbons (Fsp3) is 0.857. The van der Waals surface area contributed by atoms with Crippen LogP contribution in [0.2, 0.25) is 0 Å². The van der Waals surface area contributed by atoms with Crippen LogP contribution in [-0.4, -0.2) is 56.5 Å². The molecule has 0 atom stereocenters. The molecular weight excluding hydrogens is 222 g/mol. The van der Waals surface area contributed by atoms with Gasteiger partial charge in [0.2, 0.25) is 0 Å². The third-order valence-corrected chi connectivity index (χ3v) is 3.21. The summed E-state index contributed by atoms with van der Waals surface area (Å²) in [5.41, 5.74) is 0. The van der Waals surface area contributed by atoms with E-state index in [2.05, 4.69) is 0 Å². The van der Waals surface area contributed by atoms with Gasteiger partial charge < -0.3 is 9.64 Å². The van der Waals surface area contributed by atoms with Gasteiger partial charge >= 0.3 is 6.09 Å². The summed E-state index contributed by atoms with van der Waals surface area (Å²) in [6, 6.07) is 0. The van der Waals surface area contributed by atoms with E-state index in [9.17, 15) is 13.2 Å². The zero-order valence-electron chi connectivity index (χ0n) is 8.55. The van der Waals surface area contributed by atoms with Crippen molar-refractivity contribution in [3.05, 3.63) is 0 Å². The number of nitrogens with zero attached hydrogens (tertiary/aromatic N) is 2. The van der Waals surface area contributed by atoms with Gasteiger partial charge in [-0.25, -0.2) is 9.93 Å². The monoisotopic (exact) mass is 237 g/mol. The van der Waals surface area contributed by atoms with Gasteiger partial charge in [0.15, 0.2) is 0 Å². The molecule has 1 rings (SSSR count). The molecular formula is C7H15N3O4S. The second-order valence-corrected chi connectivity index (χ2v) is 4.68. The average molecular weight is 237 g/mol. The van der Waals surface area contributed by atoms with Gasteiger partial charge in [0, 0.05) is 26.2 Å². The number of ether oxygens (including phenoxy) is 1. The summed E-state index contributed by atoms with van der Waals surface area (Å²) in [6.07, 6.45) is -0.411. The summed E-state index contributed by atoms with van der Waals surface area (Å²) < 4.78 is 27.8. The zero-order valence-corrected chi connectivity index (χ0v) is 9.37. The van der Waals surface area contributed by atoms with Gasteiger partial charge in [-0.2, -0.15) is 12.7 Å². The Hall–Kier alpha value is -0.860. The SMILES string of the molecule is CCOC(=O)N1CCN(S(N)(=O)=O)CC1. The first kappa shape index (κ1) is 12.2. The summed E-state index contributed by atoms with van der Waals surface area (Å²) in [5, 5.41) is 4.95. The fourth-order valence-corrected chi connectivity index (χ4v) is 2.01. The molecule has 0 saturated carbocycles. The average Bonchev–Trinajstić information content (AvgIpc) is 2.17. The van der Waals surface area contributed by atoms with Gasteiger partial charge in [-0.05, 0) is 6.92 Å². The molecule has 0 spiro atoms. The molecule has 8 heteroatoms. The summed E-state index contributed by atoms with van der Waals surface area (Å²) in [4.78, 5) is 12.7. The van der Waals surface area contributed by atoms with E-state index in [4.69, 9.17) is 9.88 Å². The second kappa shape index (κ2) is 4.77. The molecule has 1 saturated heterocycles. The van der Waals surface area contributed by atoms with E-state index in [1.54, 1.807) is 6.92 Å². The Morgan fingerprint density at radius 1 is 1.33 bits per heavy atom. The number of piperazine rings is 1. The van der Waals surface area contributed by atoms with E-state index in [1.165, 1.54) is 4.90 Å². The van der Waals surface area contributed by atoms with Gasteiger partial charge in [0.25, 0.3) is 10.2 Å². The Balaban J connectivity index is 2.46. The van der Waals surface area contributed by atoms with E-state index in [0.29, 0.717) is 19.7 Å². The zero-order chi connectivity index (χ0) is 11.5. The topological polar surface area (TPSA) is 92.9 Å². The maximum atomic E-state index is 11.3. The molecule has 1 heterocycles. The Morgan fingerprint density at radius 2 is 1.87 bits per heavy atom. The highest BCUT2D eigenvalue weighted by Crippen LogP contribution is 2.05. The number of carbonyl (C=O) groups is 1. The smallest absolute Gasteiger partial charge is 0.409 e. The molecule has 1 fully saturated rings. The Labute approximate surface area is 89.0 Å². The van der Waals surface area contributed by atoms with Gasteiger partial charge in [-0.3, -0.25) is 0 Å². The highest BCUT2D eigenvalue weighted by Gasteiger charge is 2.26. The summed E-state index contributed by atoms with van der Waals surface area (Å²) >= 11 is 0. The lowest BCUT2D eigenvalue weighted by atomic mass is 10.4. The molecule has 0 unspecified atom stereocenters. The largest absolute Gasteiger partial charge is 0.450 e. The third kappa shape index (κ3) is 3.33. The molecule has 1 aliphatic rings. The van der Waals surface area contributed by atoms with Crippen molar-refractivity contribution in [3.8, 4) is 0 Å². The van der Waals surface area contributed by atoms with Crippen LogP contribution in [0, 0.1) is 0 Å². The predicted molar refractivity (Wildman–Crippen MR) is 53.3 cm³/mol. The van der Waals surface area contributed by atoms with E-state index >= 15 is 0 Å². The Morgan fingerprint density at radius 3 is 2.27 bits per heavy atom. The summed E-state index contributed by atoms with van der Waals surface area (Å²) in [7, 11) is -3.63. The molecule has 1 amide bonds. The van der Waals surface area contributed by atoms with Crippen molar-refractivity contribution in [1.29, 1.82) is 0 Å². The molecule has 88 valence electrons. The molecule has 0 aromatic heterocycles. The molecule has 2 N–H and O–H groups in total. The van der Waals surface area contributed by atoms with E-state index in [-0.39, 0.29) is 13.1 Å². The van der Waals surface area contributed by atoms with Crippen LogP contribution in [0.15, 0.2) is 0 Å². The van der Waals surface area contributed by atoms with Crippen molar-refractivity contribution in [2.75, 3.05) is 32.8 Å². The molecule has 0 bridgehead atoms. The van der Waals surface area contributed by atoms with E-state index < -0.39 is 16.3 Å². The highest BCUT2D eigenvalue weighted by molar-refractivity contribution is 7.86. The van der Waals surface area contributed by atoms with Gasteiger partial charge in [-0.1, -0.05) is 0 Å². The first-order valence-electron chi connectivity index (χ1n) is 4.64. The molecule has 7 nitrogen and oxygen atoms in total. The lowest BCUT2D eigenvalue weighted by Gasteiger charge is -2.32. The molecule has 1 aliphatic heterocycles. The van der Waals surface area contributed by atoms with Crippen LogP contribution < -0.4 is 5.14 Å². The number of hydrogen-bond donors (Lipinski definition) is 1. The number of nitrogens with two attached hydrogens (primary N) is 1. The first-order chi connectivity index (χ1) is 6.95. The minimum Gasteiger partial charge on any atom is -0.450 e. The van der Waals surface area contributed by atoms with Crippen LogP contribution in [-0.2, 0) is 14.9 Å². The quantitative estimate of drug-likeness (QED) is 0.664. The van der Waals surface area contributed by atoms with Gasteiger partial charge in [0.1, 0.15) is 0 Å². The molecule has 0 radical (unpaired) electrons. The van der Waals surface area contributed by atoms with E-state index in [1.807, 2.05) is 0 Å². The van der Waals surface area contributed by atoms with Gasteiger partial charge in [-0.15, -0.1) is 0 Å². The van der Waals surface area contributed by atoms with Gasteiger partial charge in [0.05, 0.1) is 6.61 Å². The van der Waals surface area contributed by atoms with Crippen molar-refractivity contribution in [2.45, 2.75) is 6.92 Å². The second-order valence-electron chi connectivity index (χ2n) is 3.13. The highest BCUT2D eigenvalue weighted by atomic mass is 32.2. The third-order valence-electron chi connectivity index (χ3n) is 2.12. The van der Waals surface area contributed by atoms with Crippen LogP contribution in [0.4, 0.5) is 4.79 Å². The van der Waals surface area contributed by atoms with Crippen molar-refractivity contribution in [1.82, 2.24) is 9.21 Å². The number of amides is 1.